The zero-order chi connectivity index (χ0) is 23.7. The van der Waals surface area contributed by atoms with Gasteiger partial charge in [0.1, 0.15) is 0 Å². The molecule has 2 aromatic heterocycles. The Bertz CT molecular complexity index is 1370. The molecule has 34 heavy (non-hydrogen) atoms. The van der Waals surface area contributed by atoms with Crippen LogP contribution in [0.15, 0.2) is 76.3 Å². The second-order valence-corrected chi connectivity index (χ2v) is 8.89. The Morgan fingerprint density at radius 1 is 1.09 bits per heavy atom. The van der Waals surface area contributed by atoms with Crippen molar-refractivity contribution in [2.75, 3.05) is 0 Å². The SMILES string of the molecule is CC(C)n1cncc(-c2ccc(C3(NC(=O)c4nnc(Cc5ccccc5)o4)CC3)cc2)c1=O. The van der Waals surface area contributed by atoms with E-state index in [1.165, 1.54) is 0 Å². The van der Waals surface area contributed by atoms with Crippen LogP contribution < -0.4 is 10.9 Å². The van der Waals surface area contributed by atoms with Crippen molar-refractivity contribution in [1.29, 1.82) is 0 Å². The maximum Gasteiger partial charge on any atom is 0.309 e. The van der Waals surface area contributed by atoms with Gasteiger partial charge in [-0.25, -0.2) is 4.98 Å². The predicted molar refractivity (Wildman–Crippen MR) is 126 cm³/mol. The number of carbonyl (C=O) groups is 1. The minimum Gasteiger partial charge on any atom is -0.417 e. The molecule has 0 bridgehead atoms. The first kappa shape index (κ1) is 21.8. The molecule has 0 atom stereocenters. The van der Waals surface area contributed by atoms with E-state index in [0.717, 1.165) is 29.5 Å². The third-order valence-electron chi connectivity index (χ3n) is 6.13. The molecule has 8 nitrogen and oxygen atoms in total. The molecule has 1 aliphatic rings. The summed E-state index contributed by atoms with van der Waals surface area (Å²) < 4.78 is 7.21. The number of nitrogens with one attached hydrogen (secondary N) is 1. The van der Waals surface area contributed by atoms with Gasteiger partial charge in [0, 0.05) is 12.2 Å². The summed E-state index contributed by atoms with van der Waals surface area (Å²) in [5.74, 6) is -0.0343. The smallest absolute Gasteiger partial charge is 0.309 e. The molecule has 8 heteroatoms. The second-order valence-electron chi connectivity index (χ2n) is 8.89. The lowest BCUT2D eigenvalue weighted by atomic mass is 10.0. The fourth-order valence-electron chi connectivity index (χ4n) is 4.03. The molecule has 4 aromatic rings. The molecular formula is C26H25N5O3. The lowest BCUT2D eigenvalue weighted by Crippen LogP contribution is -2.35. The van der Waals surface area contributed by atoms with Crippen molar-refractivity contribution < 1.29 is 9.21 Å². The molecule has 1 N–H and O–H groups in total. The molecule has 1 fully saturated rings. The standard InChI is InChI=1S/C26H25N5O3/c1-17(2)31-16-27-15-21(25(31)33)19-8-10-20(11-9-19)26(12-13-26)28-23(32)24-30-29-22(34-24)14-18-6-4-3-5-7-18/h3-11,15-17H,12-14H2,1-2H3,(H,28,32). The number of hydrogen-bond acceptors (Lipinski definition) is 6. The van der Waals surface area contributed by atoms with Crippen LogP contribution in [0.25, 0.3) is 11.1 Å². The maximum atomic E-state index is 12.8. The number of nitrogens with zero attached hydrogens (tertiary/aromatic N) is 4. The fraction of sp³-hybridized carbons (Fsp3) is 0.269. The highest BCUT2D eigenvalue weighted by molar-refractivity contribution is 5.90. The topological polar surface area (TPSA) is 103 Å². The number of aromatic nitrogens is 4. The van der Waals surface area contributed by atoms with Crippen LogP contribution >= 0.6 is 0 Å². The lowest BCUT2D eigenvalue weighted by Gasteiger charge is -2.17. The van der Waals surface area contributed by atoms with Gasteiger partial charge in [0.15, 0.2) is 0 Å². The molecule has 0 spiro atoms. The number of amides is 1. The summed E-state index contributed by atoms with van der Waals surface area (Å²) in [6.45, 7) is 3.90. The van der Waals surface area contributed by atoms with Crippen LogP contribution in [-0.2, 0) is 12.0 Å². The molecule has 0 aliphatic heterocycles. The van der Waals surface area contributed by atoms with Crippen molar-refractivity contribution in [3.63, 3.8) is 0 Å². The van der Waals surface area contributed by atoms with Crippen molar-refractivity contribution in [1.82, 2.24) is 25.1 Å². The summed E-state index contributed by atoms with van der Waals surface area (Å²) in [6.07, 6.45) is 5.25. The maximum absolute atomic E-state index is 12.8. The summed E-state index contributed by atoms with van der Waals surface area (Å²) in [4.78, 5) is 29.8. The Hall–Kier alpha value is -4.07. The first-order chi connectivity index (χ1) is 16.4. The highest BCUT2D eigenvalue weighted by Gasteiger charge is 2.46. The van der Waals surface area contributed by atoms with Crippen LogP contribution in [0.2, 0.25) is 0 Å². The van der Waals surface area contributed by atoms with Gasteiger partial charge in [-0.2, -0.15) is 0 Å². The summed E-state index contributed by atoms with van der Waals surface area (Å²) in [6, 6.07) is 17.5. The zero-order valence-electron chi connectivity index (χ0n) is 19.1. The van der Waals surface area contributed by atoms with Crippen LogP contribution in [0.3, 0.4) is 0 Å². The van der Waals surface area contributed by atoms with E-state index in [4.69, 9.17) is 4.42 Å². The molecule has 0 saturated heterocycles. The van der Waals surface area contributed by atoms with Gasteiger partial charge in [-0.05, 0) is 43.4 Å². The minimum atomic E-state index is -0.462. The lowest BCUT2D eigenvalue weighted by molar-refractivity contribution is 0.0893. The molecule has 2 aromatic carbocycles. The molecular weight excluding hydrogens is 430 g/mol. The van der Waals surface area contributed by atoms with Gasteiger partial charge in [-0.1, -0.05) is 54.6 Å². The van der Waals surface area contributed by atoms with E-state index < -0.39 is 5.54 Å². The second kappa shape index (κ2) is 8.70. The van der Waals surface area contributed by atoms with E-state index in [0.29, 0.717) is 17.9 Å². The average molecular weight is 456 g/mol. The van der Waals surface area contributed by atoms with Gasteiger partial charge in [0.2, 0.25) is 5.89 Å². The van der Waals surface area contributed by atoms with Crippen molar-refractivity contribution in [2.24, 2.45) is 0 Å². The Morgan fingerprint density at radius 3 is 2.50 bits per heavy atom. The van der Waals surface area contributed by atoms with Crippen molar-refractivity contribution in [2.45, 2.75) is 44.7 Å². The van der Waals surface area contributed by atoms with Gasteiger partial charge in [0.25, 0.3) is 5.56 Å². The Morgan fingerprint density at radius 2 is 1.82 bits per heavy atom. The summed E-state index contributed by atoms with van der Waals surface area (Å²) in [7, 11) is 0. The van der Waals surface area contributed by atoms with Crippen molar-refractivity contribution >= 4 is 5.91 Å². The van der Waals surface area contributed by atoms with Crippen LogP contribution in [0, 0.1) is 0 Å². The molecule has 172 valence electrons. The van der Waals surface area contributed by atoms with E-state index in [9.17, 15) is 9.59 Å². The molecule has 0 radical (unpaired) electrons. The van der Waals surface area contributed by atoms with E-state index in [2.05, 4.69) is 20.5 Å². The quantitative estimate of drug-likeness (QED) is 0.454. The molecule has 1 amide bonds. The molecule has 5 rings (SSSR count). The van der Waals surface area contributed by atoms with Crippen molar-refractivity contribution in [3.05, 3.63) is 100 Å². The monoisotopic (exact) mass is 455 g/mol. The van der Waals surface area contributed by atoms with Crippen LogP contribution in [-0.4, -0.2) is 25.7 Å². The number of hydrogen-bond donors (Lipinski definition) is 1. The Balaban J connectivity index is 1.30. The van der Waals surface area contributed by atoms with Crippen LogP contribution in [0.5, 0.6) is 0 Å². The third kappa shape index (κ3) is 4.26. The van der Waals surface area contributed by atoms with E-state index in [1.807, 2.05) is 68.4 Å². The Kier molecular flexibility index (Phi) is 5.57. The van der Waals surface area contributed by atoms with E-state index in [1.54, 1.807) is 17.1 Å². The van der Waals surface area contributed by atoms with E-state index >= 15 is 0 Å². The first-order valence-electron chi connectivity index (χ1n) is 11.3. The summed E-state index contributed by atoms with van der Waals surface area (Å²) in [5, 5.41) is 11.0. The van der Waals surface area contributed by atoms with Gasteiger partial charge >= 0.3 is 11.8 Å². The number of benzene rings is 2. The highest BCUT2D eigenvalue weighted by Crippen LogP contribution is 2.46. The van der Waals surface area contributed by atoms with Gasteiger partial charge in [-0.3, -0.25) is 14.2 Å². The largest absolute Gasteiger partial charge is 0.417 e. The predicted octanol–water partition coefficient (Wildman–Crippen LogP) is 3.88. The highest BCUT2D eigenvalue weighted by atomic mass is 16.4. The normalized spacial score (nSPS) is 14.2. The fourth-order valence-corrected chi connectivity index (χ4v) is 4.03. The summed E-state index contributed by atoms with van der Waals surface area (Å²) >= 11 is 0. The van der Waals surface area contributed by atoms with Gasteiger partial charge < -0.3 is 9.73 Å². The molecule has 1 aliphatic carbocycles. The number of carbonyl (C=O) groups excluding carboxylic acids is 1. The third-order valence-corrected chi connectivity index (χ3v) is 6.13. The molecule has 2 heterocycles. The van der Waals surface area contributed by atoms with Crippen LogP contribution in [0.1, 0.15) is 60.4 Å². The minimum absolute atomic E-state index is 0.0297. The Labute approximate surface area is 196 Å². The van der Waals surface area contributed by atoms with Crippen LogP contribution in [0.4, 0.5) is 0 Å². The van der Waals surface area contributed by atoms with Gasteiger partial charge in [-0.15, -0.1) is 10.2 Å². The first-order valence-corrected chi connectivity index (χ1v) is 11.3. The van der Waals surface area contributed by atoms with E-state index in [-0.39, 0.29) is 23.4 Å². The molecule has 0 unspecified atom stereocenters. The zero-order valence-corrected chi connectivity index (χ0v) is 19.1. The van der Waals surface area contributed by atoms with Gasteiger partial charge in [0.05, 0.1) is 23.9 Å². The van der Waals surface area contributed by atoms with Crippen molar-refractivity contribution in [3.8, 4) is 11.1 Å². The molecule has 1 saturated carbocycles. The average Bonchev–Trinajstić information content (AvgIpc) is 3.47. The summed E-state index contributed by atoms with van der Waals surface area (Å²) in [5.41, 5.74) is 2.81. The number of rotatable bonds is 7.